The highest BCUT2D eigenvalue weighted by atomic mass is 16.2. The summed E-state index contributed by atoms with van der Waals surface area (Å²) in [4.78, 5) is 24.8. The summed E-state index contributed by atoms with van der Waals surface area (Å²) in [5, 5.41) is 0. The van der Waals surface area contributed by atoms with E-state index in [1.807, 2.05) is 6.92 Å². The van der Waals surface area contributed by atoms with Crippen LogP contribution in [0.2, 0.25) is 0 Å². The van der Waals surface area contributed by atoms with Crippen LogP contribution in [0.3, 0.4) is 0 Å². The Balaban J connectivity index is 2.28. The van der Waals surface area contributed by atoms with E-state index >= 15 is 0 Å². The molecule has 2 rings (SSSR count). The molecule has 1 heterocycles. The number of carbonyl (C=O) groups is 2. The van der Waals surface area contributed by atoms with Crippen LogP contribution in [0.1, 0.15) is 39.5 Å². The molecular formula is C11H15NO2. The Bertz CT molecular complexity index is 324. The van der Waals surface area contributed by atoms with E-state index in [1.54, 1.807) is 6.92 Å². The quantitative estimate of drug-likeness (QED) is 0.593. The lowest BCUT2D eigenvalue weighted by atomic mass is 9.98. The fourth-order valence-electron chi connectivity index (χ4n) is 2.46. The minimum atomic E-state index is -0.220. The van der Waals surface area contributed by atoms with Gasteiger partial charge in [0.1, 0.15) is 0 Å². The Morgan fingerprint density at radius 2 is 1.86 bits per heavy atom. The van der Waals surface area contributed by atoms with Gasteiger partial charge in [0, 0.05) is 17.2 Å². The van der Waals surface area contributed by atoms with E-state index in [0.29, 0.717) is 5.57 Å². The highest BCUT2D eigenvalue weighted by Crippen LogP contribution is 2.37. The number of imide groups is 1. The van der Waals surface area contributed by atoms with E-state index in [2.05, 4.69) is 0 Å². The van der Waals surface area contributed by atoms with Gasteiger partial charge in [-0.2, -0.15) is 0 Å². The third kappa shape index (κ3) is 1.19. The molecule has 0 bridgehead atoms. The number of nitrogens with zero attached hydrogens (tertiary/aromatic N) is 1. The summed E-state index contributed by atoms with van der Waals surface area (Å²) in [5.74, 6) is -0.226. The van der Waals surface area contributed by atoms with E-state index in [9.17, 15) is 9.59 Å². The summed E-state index contributed by atoms with van der Waals surface area (Å²) in [5.41, 5.74) is 0.353. The summed E-state index contributed by atoms with van der Waals surface area (Å²) in [7, 11) is 0. The van der Waals surface area contributed by atoms with Crippen molar-refractivity contribution in [1.82, 2.24) is 4.90 Å². The van der Waals surface area contributed by atoms with Crippen molar-refractivity contribution in [2.75, 3.05) is 0 Å². The summed E-state index contributed by atoms with van der Waals surface area (Å²) < 4.78 is 0. The fourth-order valence-corrected chi connectivity index (χ4v) is 2.46. The largest absolute Gasteiger partial charge is 0.269 e. The van der Waals surface area contributed by atoms with Gasteiger partial charge in [0.2, 0.25) is 0 Å². The molecular weight excluding hydrogens is 178 g/mol. The van der Waals surface area contributed by atoms with Gasteiger partial charge in [-0.25, -0.2) is 0 Å². The van der Waals surface area contributed by atoms with Crippen molar-refractivity contribution >= 4 is 11.8 Å². The molecule has 0 radical (unpaired) electrons. The topological polar surface area (TPSA) is 37.4 Å². The first kappa shape index (κ1) is 9.44. The van der Waals surface area contributed by atoms with Crippen LogP contribution >= 0.6 is 0 Å². The summed E-state index contributed by atoms with van der Waals surface area (Å²) in [6.45, 7) is 3.72. The third-order valence-corrected chi connectivity index (χ3v) is 3.32. The molecule has 1 aliphatic carbocycles. The molecule has 3 heteroatoms. The van der Waals surface area contributed by atoms with Crippen molar-refractivity contribution in [3.05, 3.63) is 11.6 Å². The molecule has 0 unspecified atom stereocenters. The van der Waals surface area contributed by atoms with Crippen molar-refractivity contribution < 1.29 is 9.59 Å². The molecule has 0 aromatic heterocycles. The molecule has 76 valence electrons. The molecule has 2 aliphatic rings. The highest BCUT2D eigenvalue weighted by Gasteiger charge is 2.44. The minimum absolute atomic E-state index is 0.0978. The Morgan fingerprint density at radius 1 is 1.29 bits per heavy atom. The smallest absolute Gasteiger partial charge is 0.257 e. The molecule has 0 aromatic carbocycles. The van der Waals surface area contributed by atoms with Crippen molar-refractivity contribution in [3.8, 4) is 0 Å². The number of hydrogen-bond donors (Lipinski definition) is 0. The van der Waals surface area contributed by atoms with Gasteiger partial charge in [-0.1, -0.05) is 12.8 Å². The first-order valence-electron chi connectivity index (χ1n) is 5.11. The molecule has 0 spiro atoms. The van der Waals surface area contributed by atoms with E-state index in [0.717, 1.165) is 25.7 Å². The molecule has 3 nitrogen and oxygen atoms in total. The fraction of sp³-hybridized carbons (Fsp3) is 0.636. The van der Waals surface area contributed by atoms with Gasteiger partial charge in [-0.15, -0.1) is 0 Å². The Kier molecular flexibility index (Phi) is 1.98. The first-order chi connectivity index (χ1) is 6.54. The van der Waals surface area contributed by atoms with Crippen LogP contribution in [0, 0.1) is 0 Å². The van der Waals surface area contributed by atoms with Crippen molar-refractivity contribution in [2.45, 2.75) is 45.1 Å². The molecule has 0 saturated heterocycles. The van der Waals surface area contributed by atoms with Gasteiger partial charge in [0.05, 0.1) is 0 Å². The maximum atomic E-state index is 11.7. The van der Waals surface area contributed by atoms with Crippen LogP contribution < -0.4 is 0 Å². The lowest BCUT2D eigenvalue weighted by Crippen LogP contribution is -2.48. The maximum Gasteiger partial charge on any atom is 0.257 e. The summed E-state index contributed by atoms with van der Waals surface area (Å²) in [6, 6.07) is 0. The van der Waals surface area contributed by atoms with Crippen molar-refractivity contribution in [3.63, 3.8) is 0 Å². The second-order valence-corrected chi connectivity index (χ2v) is 4.51. The lowest BCUT2D eigenvalue weighted by Gasteiger charge is -2.33. The molecule has 2 amide bonds. The van der Waals surface area contributed by atoms with Crippen LogP contribution in [0.5, 0.6) is 0 Å². The average molecular weight is 193 g/mol. The predicted octanol–water partition coefficient (Wildman–Crippen LogP) is 1.63. The van der Waals surface area contributed by atoms with Gasteiger partial charge >= 0.3 is 0 Å². The van der Waals surface area contributed by atoms with E-state index in [-0.39, 0.29) is 17.4 Å². The number of rotatable bonds is 1. The Hall–Kier alpha value is -1.12. The molecule has 1 fully saturated rings. The molecule has 0 atom stereocenters. The van der Waals surface area contributed by atoms with E-state index in [4.69, 9.17) is 0 Å². The molecule has 1 saturated carbocycles. The SMILES string of the molecule is CC1=CC(=O)N(C2(C)CCCC2)C1=O. The minimum Gasteiger partial charge on any atom is -0.269 e. The van der Waals surface area contributed by atoms with Crippen LogP contribution in [0.15, 0.2) is 11.6 Å². The number of amides is 2. The standard InChI is InChI=1S/C11H15NO2/c1-8-7-9(13)12(10(8)14)11(2)5-3-4-6-11/h7H,3-6H2,1-2H3. The second kappa shape index (κ2) is 2.94. The van der Waals surface area contributed by atoms with Crippen molar-refractivity contribution in [2.24, 2.45) is 0 Å². The third-order valence-electron chi connectivity index (χ3n) is 3.32. The zero-order valence-corrected chi connectivity index (χ0v) is 8.67. The van der Waals surface area contributed by atoms with E-state index in [1.165, 1.54) is 11.0 Å². The van der Waals surface area contributed by atoms with Gasteiger partial charge in [-0.3, -0.25) is 14.5 Å². The monoisotopic (exact) mass is 193 g/mol. The van der Waals surface area contributed by atoms with Crippen LogP contribution in [0.25, 0.3) is 0 Å². The molecule has 0 aromatic rings. The number of hydrogen-bond acceptors (Lipinski definition) is 2. The zero-order valence-electron chi connectivity index (χ0n) is 8.67. The van der Waals surface area contributed by atoms with Crippen LogP contribution in [-0.4, -0.2) is 22.3 Å². The maximum absolute atomic E-state index is 11.7. The highest BCUT2D eigenvalue weighted by molar-refractivity contribution is 6.16. The van der Waals surface area contributed by atoms with Gasteiger partial charge in [0.15, 0.2) is 0 Å². The van der Waals surface area contributed by atoms with E-state index < -0.39 is 0 Å². The lowest BCUT2D eigenvalue weighted by molar-refractivity contribution is -0.143. The molecule has 0 N–H and O–H groups in total. The molecule has 1 aliphatic heterocycles. The zero-order chi connectivity index (χ0) is 10.3. The normalized spacial score (nSPS) is 25.9. The summed E-state index contributed by atoms with van der Waals surface area (Å²) >= 11 is 0. The average Bonchev–Trinajstić information content (AvgIpc) is 2.60. The van der Waals surface area contributed by atoms with Gasteiger partial charge in [-0.05, 0) is 26.7 Å². The van der Waals surface area contributed by atoms with Crippen molar-refractivity contribution in [1.29, 1.82) is 0 Å². The summed E-state index contributed by atoms with van der Waals surface area (Å²) in [6.07, 6.45) is 5.59. The van der Waals surface area contributed by atoms with Crippen LogP contribution in [0.4, 0.5) is 0 Å². The van der Waals surface area contributed by atoms with Gasteiger partial charge in [0.25, 0.3) is 11.8 Å². The second-order valence-electron chi connectivity index (χ2n) is 4.51. The van der Waals surface area contributed by atoms with Crippen LogP contribution in [-0.2, 0) is 9.59 Å². The van der Waals surface area contributed by atoms with Gasteiger partial charge < -0.3 is 0 Å². The Morgan fingerprint density at radius 3 is 2.29 bits per heavy atom. The Labute approximate surface area is 83.8 Å². The number of carbonyl (C=O) groups excluding carboxylic acids is 2. The first-order valence-corrected chi connectivity index (χ1v) is 5.11. The molecule has 14 heavy (non-hydrogen) atoms. The predicted molar refractivity (Wildman–Crippen MR) is 52.5 cm³/mol.